The normalized spacial score (nSPS) is 10.8. The van der Waals surface area contributed by atoms with E-state index in [-0.39, 0.29) is 22.6 Å². The van der Waals surface area contributed by atoms with Gasteiger partial charge < -0.3 is 19.3 Å². The summed E-state index contributed by atoms with van der Waals surface area (Å²) < 4.78 is 18.7. The highest BCUT2D eigenvalue weighted by Crippen LogP contribution is 2.37. The van der Waals surface area contributed by atoms with Crippen LogP contribution in [0.15, 0.2) is 41.2 Å². The van der Waals surface area contributed by atoms with Crippen LogP contribution in [-0.4, -0.2) is 34.5 Å². The predicted molar refractivity (Wildman–Crippen MR) is 127 cm³/mol. The molecule has 170 valence electrons. The molecule has 3 rings (SSSR count). The summed E-state index contributed by atoms with van der Waals surface area (Å²) in [7, 11) is 0. The lowest BCUT2D eigenvalue weighted by atomic mass is 10.0. The SMILES string of the molecule is CCOc1cc(OCC)c(OCC)cc1Cc1c(O)n(-c2ccc(Cl)cc2)c(=S)[nH]c1=O. The lowest BCUT2D eigenvalue weighted by Crippen LogP contribution is -2.19. The molecule has 0 unspecified atom stereocenters. The van der Waals surface area contributed by atoms with E-state index in [0.717, 1.165) is 0 Å². The molecule has 2 aromatic carbocycles. The molecule has 0 amide bonds. The fourth-order valence-corrected chi connectivity index (χ4v) is 3.70. The van der Waals surface area contributed by atoms with E-state index in [1.165, 1.54) is 4.57 Å². The van der Waals surface area contributed by atoms with E-state index in [1.807, 2.05) is 20.8 Å². The first-order valence-electron chi connectivity index (χ1n) is 10.3. The van der Waals surface area contributed by atoms with Gasteiger partial charge in [-0.05, 0) is 63.3 Å². The Morgan fingerprint density at radius 2 is 1.53 bits per heavy atom. The van der Waals surface area contributed by atoms with Crippen molar-refractivity contribution in [3.63, 3.8) is 0 Å². The van der Waals surface area contributed by atoms with Crippen LogP contribution >= 0.6 is 23.8 Å². The number of hydrogen-bond acceptors (Lipinski definition) is 6. The number of aromatic hydroxyl groups is 1. The van der Waals surface area contributed by atoms with Crippen LogP contribution in [0.2, 0.25) is 5.02 Å². The Morgan fingerprint density at radius 1 is 0.969 bits per heavy atom. The third-order valence-electron chi connectivity index (χ3n) is 4.66. The number of ether oxygens (including phenoxy) is 3. The Balaban J connectivity index is 2.14. The molecule has 3 aromatic rings. The van der Waals surface area contributed by atoms with Gasteiger partial charge in [0, 0.05) is 23.1 Å². The van der Waals surface area contributed by atoms with E-state index in [9.17, 15) is 9.90 Å². The molecule has 1 heterocycles. The molecule has 1 aromatic heterocycles. The van der Waals surface area contributed by atoms with Crippen LogP contribution < -0.4 is 19.8 Å². The Labute approximate surface area is 196 Å². The molecular weight excluding hydrogens is 452 g/mol. The summed E-state index contributed by atoms with van der Waals surface area (Å²) in [4.78, 5) is 15.4. The number of aromatic amines is 1. The van der Waals surface area contributed by atoms with Gasteiger partial charge in [-0.15, -0.1) is 0 Å². The molecule has 9 heteroatoms. The van der Waals surface area contributed by atoms with Crippen LogP contribution in [0.4, 0.5) is 0 Å². The second-order valence-corrected chi connectivity index (χ2v) is 7.58. The average Bonchev–Trinajstić information content (AvgIpc) is 2.75. The van der Waals surface area contributed by atoms with Gasteiger partial charge >= 0.3 is 0 Å². The first-order valence-corrected chi connectivity index (χ1v) is 11.1. The first-order chi connectivity index (χ1) is 15.4. The number of rotatable bonds is 9. The van der Waals surface area contributed by atoms with Crippen LogP contribution in [0.25, 0.3) is 5.69 Å². The van der Waals surface area contributed by atoms with Gasteiger partial charge in [0.15, 0.2) is 16.3 Å². The molecule has 0 aliphatic rings. The molecule has 0 saturated heterocycles. The zero-order valence-electron chi connectivity index (χ0n) is 18.1. The molecule has 0 aliphatic carbocycles. The molecule has 0 atom stereocenters. The Hall–Kier alpha value is -2.97. The number of nitrogens with one attached hydrogen (secondary N) is 1. The van der Waals surface area contributed by atoms with Gasteiger partial charge in [-0.2, -0.15) is 0 Å². The quantitative estimate of drug-likeness (QED) is 0.421. The van der Waals surface area contributed by atoms with Crippen LogP contribution in [0.5, 0.6) is 23.1 Å². The molecule has 0 fully saturated rings. The fourth-order valence-electron chi connectivity index (χ4n) is 3.29. The number of halogens is 1. The zero-order chi connectivity index (χ0) is 23.3. The summed E-state index contributed by atoms with van der Waals surface area (Å²) in [6.07, 6.45) is 0.0895. The van der Waals surface area contributed by atoms with E-state index < -0.39 is 5.56 Å². The van der Waals surface area contributed by atoms with Crippen molar-refractivity contribution in [2.75, 3.05) is 19.8 Å². The molecule has 0 aliphatic heterocycles. The van der Waals surface area contributed by atoms with Crippen LogP contribution in [-0.2, 0) is 6.42 Å². The van der Waals surface area contributed by atoms with E-state index >= 15 is 0 Å². The number of H-pyrrole nitrogens is 1. The van der Waals surface area contributed by atoms with Gasteiger partial charge in [0.25, 0.3) is 5.56 Å². The maximum atomic E-state index is 12.7. The highest BCUT2D eigenvalue weighted by molar-refractivity contribution is 7.71. The Bertz CT molecular complexity index is 1200. The van der Waals surface area contributed by atoms with Gasteiger partial charge in [-0.3, -0.25) is 14.3 Å². The van der Waals surface area contributed by atoms with E-state index in [4.69, 9.17) is 38.0 Å². The number of hydrogen-bond donors (Lipinski definition) is 2. The molecular formula is C23H25ClN2O5S. The zero-order valence-corrected chi connectivity index (χ0v) is 19.7. The van der Waals surface area contributed by atoms with Crippen molar-refractivity contribution in [3.8, 4) is 28.8 Å². The minimum absolute atomic E-state index is 0.0744. The molecule has 0 radical (unpaired) electrons. The number of nitrogens with zero attached hydrogens (tertiary/aromatic N) is 1. The monoisotopic (exact) mass is 476 g/mol. The first kappa shape index (κ1) is 23.7. The van der Waals surface area contributed by atoms with Gasteiger partial charge in [0.1, 0.15) is 5.75 Å². The number of benzene rings is 2. The van der Waals surface area contributed by atoms with Crippen LogP contribution in [0.1, 0.15) is 31.9 Å². The van der Waals surface area contributed by atoms with Crippen molar-refractivity contribution in [1.29, 1.82) is 0 Å². The number of aromatic nitrogens is 2. The molecule has 32 heavy (non-hydrogen) atoms. The van der Waals surface area contributed by atoms with Crippen molar-refractivity contribution in [2.45, 2.75) is 27.2 Å². The van der Waals surface area contributed by atoms with E-state index in [0.29, 0.717) is 53.3 Å². The van der Waals surface area contributed by atoms with E-state index in [1.54, 1.807) is 36.4 Å². The van der Waals surface area contributed by atoms with Gasteiger partial charge in [0.05, 0.1) is 31.1 Å². The van der Waals surface area contributed by atoms with Crippen molar-refractivity contribution < 1.29 is 19.3 Å². The highest BCUT2D eigenvalue weighted by Gasteiger charge is 2.19. The molecule has 0 bridgehead atoms. The van der Waals surface area contributed by atoms with Crippen molar-refractivity contribution in [1.82, 2.24) is 9.55 Å². The maximum absolute atomic E-state index is 12.7. The Kier molecular flexibility index (Phi) is 7.82. The molecule has 0 saturated carbocycles. The third-order valence-corrected chi connectivity index (χ3v) is 5.19. The lowest BCUT2D eigenvalue weighted by Gasteiger charge is -2.18. The summed E-state index contributed by atoms with van der Waals surface area (Å²) in [5.74, 6) is 1.38. The fraction of sp³-hybridized carbons (Fsp3) is 0.304. The summed E-state index contributed by atoms with van der Waals surface area (Å²) in [5.41, 5.74) is 0.897. The highest BCUT2D eigenvalue weighted by atomic mass is 35.5. The van der Waals surface area contributed by atoms with Crippen LogP contribution in [0.3, 0.4) is 0 Å². The minimum atomic E-state index is -0.480. The summed E-state index contributed by atoms with van der Waals surface area (Å²) in [6.45, 7) is 6.96. The lowest BCUT2D eigenvalue weighted by molar-refractivity contribution is 0.282. The summed E-state index contributed by atoms with van der Waals surface area (Å²) in [6, 6.07) is 10.3. The van der Waals surface area contributed by atoms with Gasteiger partial charge in [-0.1, -0.05) is 11.6 Å². The van der Waals surface area contributed by atoms with Crippen molar-refractivity contribution in [3.05, 3.63) is 67.7 Å². The van der Waals surface area contributed by atoms with Crippen LogP contribution in [0, 0.1) is 4.77 Å². The second kappa shape index (κ2) is 10.6. The van der Waals surface area contributed by atoms with E-state index in [2.05, 4.69) is 4.98 Å². The van der Waals surface area contributed by atoms with Gasteiger partial charge in [-0.25, -0.2) is 0 Å². The summed E-state index contributed by atoms with van der Waals surface area (Å²) in [5, 5.41) is 11.6. The summed E-state index contributed by atoms with van der Waals surface area (Å²) >= 11 is 11.3. The molecule has 2 N–H and O–H groups in total. The molecule has 7 nitrogen and oxygen atoms in total. The average molecular weight is 477 g/mol. The predicted octanol–water partition coefficient (Wildman–Crippen LogP) is 5.04. The smallest absolute Gasteiger partial charge is 0.259 e. The molecule has 0 spiro atoms. The Morgan fingerprint density at radius 3 is 2.12 bits per heavy atom. The van der Waals surface area contributed by atoms with Crippen molar-refractivity contribution >= 4 is 23.8 Å². The standard InChI is InChI=1S/C23H25ClN2O5S/c1-4-29-18-13-20(31-6-3)19(30-5-2)12-14(18)11-17-21(27)25-23(32)26(22(17)28)16-9-7-15(24)8-10-16/h7-10,12-13,28H,4-6,11H2,1-3H3,(H,25,27,32). The maximum Gasteiger partial charge on any atom is 0.259 e. The van der Waals surface area contributed by atoms with Gasteiger partial charge in [0.2, 0.25) is 5.88 Å². The largest absolute Gasteiger partial charge is 0.494 e. The van der Waals surface area contributed by atoms with Crippen molar-refractivity contribution in [2.24, 2.45) is 0 Å². The third kappa shape index (κ3) is 5.08. The second-order valence-electron chi connectivity index (χ2n) is 6.76. The minimum Gasteiger partial charge on any atom is -0.494 e. The topological polar surface area (TPSA) is 85.7 Å².